The molecule has 0 spiro atoms. The van der Waals surface area contributed by atoms with Gasteiger partial charge >= 0.3 is 6.03 Å². The molecule has 4 N–H and O–H groups in total. The summed E-state index contributed by atoms with van der Waals surface area (Å²) < 4.78 is 0. The molecule has 1 unspecified atom stereocenters. The second-order valence-electron chi connectivity index (χ2n) is 4.31. The summed E-state index contributed by atoms with van der Waals surface area (Å²) in [5.41, 5.74) is 2.08. The van der Waals surface area contributed by atoms with Crippen LogP contribution >= 0.6 is 0 Å². The van der Waals surface area contributed by atoms with Crippen molar-refractivity contribution in [2.24, 2.45) is 0 Å². The van der Waals surface area contributed by atoms with Gasteiger partial charge in [0.2, 0.25) is 0 Å². The highest BCUT2D eigenvalue weighted by Crippen LogP contribution is 2.10. The summed E-state index contributed by atoms with van der Waals surface area (Å²) in [5, 5.41) is 17.6. The van der Waals surface area contributed by atoms with Crippen LogP contribution in [-0.4, -0.2) is 41.9 Å². The number of amides is 2. The van der Waals surface area contributed by atoms with Crippen molar-refractivity contribution in [3.8, 4) is 0 Å². The number of aliphatic hydroxyl groups excluding tert-OH is 1. The molecule has 19 heavy (non-hydrogen) atoms. The molecule has 1 heterocycles. The molecule has 6 nitrogen and oxygen atoms in total. The SMILES string of the molecule is CCC(CO)NC(=O)NCCNc1ccncc1C. The summed E-state index contributed by atoms with van der Waals surface area (Å²) in [4.78, 5) is 15.5. The number of rotatable bonds is 7. The number of hydrogen-bond donors (Lipinski definition) is 4. The first-order valence-corrected chi connectivity index (χ1v) is 6.47. The highest BCUT2D eigenvalue weighted by atomic mass is 16.3. The Hall–Kier alpha value is -1.82. The van der Waals surface area contributed by atoms with Gasteiger partial charge in [-0.05, 0) is 25.0 Å². The topological polar surface area (TPSA) is 86.3 Å². The fourth-order valence-electron chi connectivity index (χ4n) is 1.56. The largest absolute Gasteiger partial charge is 0.394 e. The van der Waals surface area contributed by atoms with Gasteiger partial charge in [0, 0.05) is 31.2 Å². The number of nitrogens with zero attached hydrogens (tertiary/aromatic N) is 1. The predicted octanol–water partition coefficient (Wildman–Crippen LogP) is 0.872. The van der Waals surface area contributed by atoms with Crippen molar-refractivity contribution in [2.75, 3.05) is 25.0 Å². The first kappa shape index (κ1) is 15.2. The van der Waals surface area contributed by atoms with E-state index < -0.39 is 0 Å². The average Bonchev–Trinajstić information content (AvgIpc) is 2.42. The number of aromatic nitrogens is 1. The van der Waals surface area contributed by atoms with Crippen LogP contribution in [-0.2, 0) is 0 Å². The molecule has 6 heteroatoms. The van der Waals surface area contributed by atoms with Crippen LogP contribution in [0.15, 0.2) is 18.5 Å². The lowest BCUT2D eigenvalue weighted by Gasteiger charge is -2.15. The number of hydrogen-bond acceptors (Lipinski definition) is 4. The Morgan fingerprint density at radius 1 is 1.47 bits per heavy atom. The van der Waals surface area contributed by atoms with Crippen molar-refractivity contribution in [1.29, 1.82) is 0 Å². The maximum absolute atomic E-state index is 11.5. The number of aliphatic hydroxyl groups is 1. The molecule has 1 aromatic heterocycles. The van der Waals surface area contributed by atoms with Crippen molar-refractivity contribution in [1.82, 2.24) is 15.6 Å². The van der Waals surface area contributed by atoms with Crippen LogP contribution in [0.1, 0.15) is 18.9 Å². The minimum Gasteiger partial charge on any atom is -0.394 e. The molecule has 2 amide bonds. The van der Waals surface area contributed by atoms with E-state index in [1.54, 1.807) is 12.4 Å². The molecule has 1 aromatic rings. The summed E-state index contributed by atoms with van der Waals surface area (Å²) in [7, 11) is 0. The zero-order valence-electron chi connectivity index (χ0n) is 11.4. The molecule has 0 fully saturated rings. The van der Waals surface area contributed by atoms with Crippen LogP contribution in [0.5, 0.6) is 0 Å². The molecule has 0 aliphatic carbocycles. The normalized spacial score (nSPS) is 11.7. The number of urea groups is 1. The maximum atomic E-state index is 11.5. The second kappa shape index (κ2) is 8.31. The second-order valence-corrected chi connectivity index (χ2v) is 4.31. The highest BCUT2D eigenvalue weighted by molar-refractivity contribution is 5.74. The molecule has 0 aliphatic heterocycles. The first-order chi connectivity index (χ1) is 9.17. The van der Waals surface area contributed by atoms with Crippen LogP contribution in [0, 0.1) is 6.92 Å². The molecule has 0 saturated carbocycles. The van der Waals surface area contributed by atoms with Gasteiger partial charge in [-0.15, -0.1) is 0 Å². The van der Waals surface area contributed by atoms with Crippen LogP contribution in [0.2, 0.25) is 0 Å². The molecule has 0 bridgehead atoms. The third-order valence-electron chi connectivity index (χ3n) is 2.79. The molecule has 0 aromatic carbocycles. The molecule has 0 radical (unpaired) electrons. The monoisotopic (exact) mass is 266 g/mol. The minimum absolute atomic E-state index is 0.0433. The fraction of sp³-hybridized carbons (Fsp3) is 0.538. The Bertz CT molecular complexity index is 394. The van der Waals surface area contributed by atoms with E-state index >= 15 is 0 Å². The van der Waals surface area contributed by atoms with E-state index in [0.717, 1.165) is 11.3 Å². The third kappa shape index (κ3) is 5.56. The van der Waals surface area contributed by atoms with Gasteiger partial charge < -0.3 is 21.1 Å². The number of carbonyl (C=O) groups is 1. The van der Waals surface area contributed by atoms with E-state index in [1.807, 2.05) is 19.9 Å². The van der Waals surface area contributed by atoms with Crippen molar-refractivity contribution in [2.45, 2.75) is 26.3 Å². The van der Waals surface area contributed by atoms with E-state index in [9.17, 15) is 4.79 Å². The molecular formula is C13H22N4O2. The van der Waals surface area contributed by atoms with Gasteiger partial charge in [0.1, 0.15) is 0 Å². The zero-order chi connectivity index (χ0) is 14.1. The van der Waals surface area contributed by atoms with Crippen molar-refractivity contribution < 1.29 is 9.90 Å². The van der Waals surface area contributed by atoms with E-state index in [0.29, 0.717) is 19.5 Å². The Morgan fingerprint density at radius 3 is 2.89 bits per heavy atom. The van der Waals surface area contributed by atoms with E-state index in [4.69, 9.17) is 5.11 Å². The zero-order valence-corrected chi connectivity index (χ0v) is 11.4. The van der Waals surface area contributed by atoms with Gasteiger partial charge in [-0.3, -0.25) is 4.98 Å². The molecule has 1 rings (SSSR count). The van der Waals surface area contributed by atoms with Gasteiger partial charge in [0.05, 0.1) is 12.6 Å². The Labute approximate surface area is 113 Å². The van der Waals surface area contributed by atoms with E-state index in [1.165, 1.54) is 0 Å². The number of pyridine rings is 1. The third-order valence-corrected chi connectivity index (χ3v) is 2.79. The van der Waals surface area contributed by atoms with Crippen LogP contribution in [0.3, 0.4) is 0 Å². The molecule has 106 valence electrons. The Morgan fingerprint density at radius 2 is 2.26 bits per heavy atom. The summed E-state index contributed by atoms with van der Waals surface area (Å²) >= 11 is 0. The lowest BCUT2D eigenvalue weighted by atomic mass is 10.2. The van der Waals surface area contributed by atoms with E-state index in [2.05, 4.69) is 20.9 Å². The lowest BCUT2D eigenvalue weighted by molar-refractivity contribution is 0.215. The van der Waals surface area contributed by atoms with Crippen molar-refractivity contribution in [3.05, 3.63) is 24.0 Å². The standard InChI is InChI=1S/C13H22N4O2/c1-3-11(9-18)17-13(19)16-7-6-15-12-4-5-14-8-10(12)2/h4-5,8,11,18H,3,6-7,9H2,1-2H3,(H,14,15)(H2,16,17,19). The number of carbonyl (C=O) groups excluding carboxylic acids is 1. The molecule has 0 aliphatic rings. The molecular weight excluding hydrogens is 244 g/mol. The average molecular weight is 266 g/mol. The minimum atomic E-state index is -0.255. The van der Waals surface area contributed by atoms with Crippen molar-refractivity contribution in [3.63, 3.8) is 0 Å². The number of nitrogens with one attached hydrogen (secondary N) is 3. The van der Waals surface area contributed by atoms with E-state index in [-0.39, 0.29) is 18.7 Å². The summed E-state index contributed by atoms with van der Waals surface area (Å²) in [6.45, 7) is 4.99. The number of aryl methyl sites for hydroxylation is 1. The van der Waals surface area contributed by atoms with Crippen LogP contribution < -0.4 is 16.0 Å². The van der Waals surface area contributed by atoms with Gasteiger partial charge in [-0.2, -0.15) is 0 Å². The maximum Gasteiger partial charge on any atom is 0.315 e. The Kier molecular flexibility index (Phi) is 6.67. The van der Waals surface area contributed by atoms with Crippen LogP contribution in [0.25, 0.3) is 0 Å². The highest BCUT2D eigenvalue weighted by Gasteiger charge is 2.07. The van der Waals surface area contributed by atoms with Gasteiger partial charge in [-0.25, -0.2) is 4.79 Å². The first-order valence-electron chi connectivity index (χ1n) is 6.47. The van der Waals surface area contributed by atoms with Gasteiger partial charge in [0.25, 0.3) is 0 Å². The predicted molar refractivity (Wildman–Crippen MR) is 75.2 cm³/mol. The lowest BCUT2D eigenvalue weighted by Crippen LogP contribution is -2.44. The fourth-order valence-corrected chi connectivity index (χ4v) is 1.56. The summed E-state index contributed by atoms with van der Waals surface area (Å²) in [6, 6.07) is 1.46. The smallest absolute Gasteiger partial charge is 0.315 e. The number of anilines is 1. The Balaban J connectivity index is 2.20. The summed E-state index contributed by atoms with van der Waals surface area (Å²) in [5.74, 6) is 0. The van der Waals surface area contributed by atoms with Crippen molar-refractivity contribution >= 4 is 11.7 Å². The van der Waals surface area contributed by atoms with Gasteiger partial charge in [0.15, 0.2) is 0 Å². The quantitative estimate of drug-likeness (QED) is 0.552. The summed E-state index contributed by atoms with van der Waals surface area (Å²) in [6.07, 6.45) is 4.22. The van der Waals surface area contributed by atoms with Crippen LogP contribution in [0.4, 0.5) is 10.5 Å². The molecule has 1 atom stereocenters. The van der Waals surface area contributed by atoms with Gasteiger partial charge in [-0.1, -0.05) is 6.92 Å². The molecule has 0 saturated heterocycles.